The summed E-state index contributed by atoms with van der Waals surface area (Å²) < 4.78 is 5.70. The zero-order valence-electron chi connectivity index (χ0n) is 11.9. The van der Waals surface area contributed by atoms with Gasteiger partial charge in [-0.1, -0.05) is 13.8 Å². The number of hydrogen-bond acceptors (Lipinski definition) is 3. The van der Waals surface area contributed by atoms with E-state index in [0.29, 0.717) is 18.4 Å². The van der Waals surface area contributed by atoms with Crippen LogP contribution >= 0.6 is 11.8 Å². The van der Waals surface area contributed by atoms with Crippen LogP contribution in [0.4, 0.5) is 4.79 Å². The van der Waals surface area contributed by atoms with Crippen LogP contribution in [0.1, 0.15) is 27.2 Å². The third-order valence-electron chi connectivity index (χ3n) is 3.24. The molecule has 5 heteroatoms. The van der Waals surface area contributed by atoms with E-state index >= 15 is 0 Å². The van der Waals surface area contributed by atoms with E-state index in [1.165, 1.54) is 0 Å². The van der Waals surface area contributed by atoms with Crippen LogP contribution in [0.25, 0.3) is 0 Å². The Bertz CT molecular complexity index is 261. The fourth-order valence-electron chi connectivity index (χ4n) is 2.40. The van der Waals surface area contributed by atoms with Gasteiger partial charge >= 0.3 is 6.03 Å². The minimum absolute atomic E-state index is 0.0639. The van der Waals surface area contributed by atoms with Crippen molar-refractivity contribution in [2.24, 2.45) is 11.8 Å². The van der Waals surface area contributed by atoms with Crippen molar-refractivity contribution in [2.75, 3.05) is 25.2 Å². The molecule has 0 aromatic rings. The molecule has 1 aliphatic rings. The van der Waals surface area contributed by atoms with E-state index in [4.69, 9.17) is 4.74 Å². The standard InChI is InChI=1S/C13H26N2O2S/c1-9(2)12-11(5-6-17-12)7-14-13(16)15-10(3)8-18-4/h9-12H,5-8H2,1-4H3,(H2,14,15,16). The van der Waals surface area contributed by atoms with Crippen LogP contribution in [-0.4, -0.2) is 43.3 Å². The lowest BCUT2D eigenvalue weighted by molar-refractivity contribution is 0.0545. The average molecular weight is 274 g/mol. The molecule has 0 radical (unpaired) electrons. The molecule has 0 aliphatic carbocycles. The summed E-state index contributed by atoms with van der Waals surface area (Å²) in [6, 6.07) is 0.145. The first-order valence-corrected chi connectivity index (χ1v) is 8.08. The fraction of sp³-hybridized carbons (Fsp3) is 0.923. The molecule has 1 fully saturated rings. The van der Waals surface area contributed by atoms with Gasteiger partial charge in [0.15, 0.2) is 0 Å². The highest BCUT2D eigenvalue weighted by atomic mass is 32.2. The van der Waals surface area contributed by atoms with Gasteiger partial charge in [-0.05, 0) is 25.5 Å². The Morgan fingerprint density at radius 3 is 2.78 bits per heavy atom. The van der Waals surface area contributed by atoms with E-state index < -0.39 is 0 Å². The molecule has 0 aromatic heterocycles. The van der Waals surface area contributed by atoms with E-state index in [2.05, 4.69) is 24.5 Å². The highest BCUT2D eigenvalue weighted by Crippen LogP contribution is 2.25. The lowest BCUT2D eigenvalue weighted by atomic mass is 9.93. The number of carbonyl (C=O) groups excluding carboxylic acids is 1. The Balaban J connectivity index is 2.25. The van der Waals surface area contributed by atoms with Gasteiger partial charge in [0.2, 0.25) is 0 Å². The van der Waals surface area contributed by atoms with E-state index in [-0.39, 0.29) is 18.2 Å². The molecule has 3 unspecified atom stereocenters. The molecule has 106 valence electrons. The summed E-state index contributed by atoms with van der Waals surface area (Å²) in [5, 5.41) is 5.90. The molecule has 0 spiro atoms. The average Bonchev–Trinajstić information content (AvgIpc) is 2.74. The number of carbonyl (C=O) groups is 1. The lowest BCUT2D eigenvalue weighted by Gasteiger charge is -2.22. The third kappa shape index (κ3) is 5.06. The lowest BCUT2D eigenvalue weighted by Crippen LogP contribution is -2.44. The number of urea groups is 1. The van der Waals surface area contributed by atoms with Gasteiger partial charge in [-0.3, -0.25) is 0 Å². The van der Waals surface area contributed by atoms with Crippen molar-refractivity contribution in [3.05, 3.63) is 0 Å². The SMILES string of the molecule is CSCC(C)NC(=O)NCC1CCOC1C(C)C. The van der Waals surface area contributed by atoms with Gasteiger partial charge in [0.05, 0.1) is 6.10 Å². The first-order valence-electron chi connectivity index (χ1n) is 6.69. The molecule has 1 aliphatic heterocycles. The second-order valence-electron chi connectivity index (χ2n) is 5.34. The maximum atomic E-state index is 11.7. The molecular formula is C13H26N2O2S. The van der Waals surface area contributed by atoms with Crippen LogP contribution in [0.15, 0.2) is 0 Å². The van der Waals surface area contributed by atoms with Crippen LogP contribution in [0, 0.1) is 11.8 Å². The van der Waals surface area contributed by atoms with Crippen molar-refractivity contribution in [2.45, 2.75) is 39.3 Å². The predicted molar refractivity (Wildman–Crippen MR) is 77.1 cm³/mol. The molecule has 2 amide bonds. The topological polar surface area (TPSA) is 50.4 Å². The largest absolute Gasteiger partial charge is 0.378 e. The second-order valence-corrected chi connectivity index (χ2v) is 6.25. The van der Waals surface area contributed by atoms with Crippen molar-refractivity contribution in [1.82, 2.24) is 10.6 Å². The number of hydrogen-bond donors (Lipinski definition) is 2. The van der Waals surface area contributed by atoms with Gasteiger partial charge < -0.3 is 15.4 Å². The molecule has 0 saturated carbocycles. The smallest absolute Gasteiger partial charge is 0.315 e. The van der Waals surface area contributed by atoms with Gasteiger partial charge in [0, 0.05) is 30.9 Å². The summed E-state index contributed by atoms with van der Waals surface area (Å²) in [5.74, 6) is 1.90. The first-order chi connectivity index (χ1) is 8.54. The van der Waals surface area contributed by atoms with Crippen molar-refractivity contribution in [3.8, 4) is 0 Å². The van der Waals surface area contributed by atoms with Crippen LogP contribution < -0.4 is 10.6 Å². The van der Waals surface area contributed by atoms with Crippen molar-refractivity contribution in [3.63, 3.8) is 0 Å². The van der Waals surface area contributed by atoms with Crippen molar-refractivity contribution in [1.29, 1.82) is 0 Å². The Labute approximate surface area is 115 Å². The summed E-state index contributed by atoms with van der Waals surface area (Å²) in [7, 11) is 0. The Hall–Kier alpha value is -0.420. The van der Waals surface area contributed by atoms with Gasteiger partial charge in [-0.25, -0.2) is 4.79 Å². The maximum Gasteiger partial charge on any atom is 0.315 e. The summed E-state index contributed by atoms with van der Waals surface area (Å²) in [5.41, 5.74) is 0. The molecule has 0 bridgehead atoms. The van der Waals surface area contributed by atoms with Gasteiger partial charge in [-0.2, -0.15) is 11.8 Å². The monoisotopic (exact) mass is 274 g/mol. The van der Waals surface area contributed by atoms with Crippen molar-refractivity contribution < 1.29 is 9.53 Å². The molecule has 1 saturated heterocycles. The summed E-state index contributed by atoms with van der Waals surface area (Å²) in [4.78, 5) is 11.7. The number of thioether (sulfide) groups is 1. The molecule has 1 rings (SSSR count). The number of nitrogens with one attached hydrogen (secondary N) is 2. The highest BCUT2D eigenvalue weighted by Gasteiger charge is 2.30. The molecule has 3 atom stereocenters. The highest BCUT2D eigenvalue weighted by molar-refractivity contribution is 7.98. The molecule has 0 aromatic carbocycles. The minimum Gasteiger partial charge on any atom is -0.378 e. The Morgan fingerprint density at radius 2 is 2.17 bits per heavy atom. The van der Waals surface area contributed by atoms with E-state index in [1.807, 2.05) is 13.2 Å². The maximum absolute atomic E-state index is 11.7. The molecule has 2 N–H and O–H groups in total. The van der Waals surface area contributed by atoms with E-state index in [1.54, 1.807) is 11.8 Å². The Morgan fingerprint density at radius 1 is 1.44 bits per heavy atom. The van der Waals surface area contributed by atoms with Crippen LogP contribution in [0.3, 0.4) is 0 Å². The molecule has 1 heterocycles. The summed E-state index contributed by atoms with van der Waals surface area (Å²) >= 11 is 1.74. The summed E-state index contributed by atoms with van der Waals surface area (Å²) in [6.07, 6.45) is 3.37. The molecule has 4 nitrogen and oxygen atoms in total. The third-order valence-corrected chi connectivity index (χ3v) is 4.07. The fourth-order valence-corrected chi connectivity index (χ4v) is 2.98. The van der Waals surface area contributed by atoms with E-state index in [0.717, 1.165) is 18.8 Å². The summed E-state index contributed by atoms with van der Waals surface area (Å²) in [6.45, 7) is 7.89. The van der Waals surface area contributed by atoms with Crippen molar-refractivity contribution >= 4 is 17.8 Å². The number of ether oxygens (including phenoxy) is 1. The first kappa shape index (κ1) is 15.6. The van der Waals surface area contributed by atoms with Gasteiger partial charge in [-0.15, -0.1) is 0 Å². The van der Waals surface area contributed by atoms with Gasteiger partial charge in [0.25, 0.3) is 0 Å². The van der Waals surface area contributed by atoms with Crippen LogP contribution in [0.5, 0.6) is 0 Å². The number of rotatable bonds is 6. The number of amides is 2. The molecule has 18 heavy (non-hydrogen) atoms. The normalized spacial score (nSPS) is 25.2. The Kier molecular flexibility index (Phi) is 6.86. The zero-order chi connectivity index (χ0) is 13.5. The van der Waals surface area contributed by atoms with E-state index in [9.17, 15) is 4.79 Å². The molecular weight excluding hydrogens is 248 g/mol. The van der Waals surface area contributed by atoms with Crippen LogP contribution in [0.2, 0.25) is 0 Å². The quantitative estimate of drug-likeness (QED) is 0.780. The predicted octanol–water partition coefficient (Wildman–Crippen LogP) is 2.10. The zero-order valence-corrected chi connectivity index (χ0v) is 12.7. The van der Waals surface area contributed by atoms with Gasteiger partial charge in [0.1, 0.15) is 0 Å². The minimum atomic E-state index is -0.0639. The van der Waals surface area contributed by atoms with Crippen LogP contribution in [-0.2, 0) is 4.74 Å². The second kappa shape index (κ2) is 7.89.